The molecule has 1 atom stereocenters. The van der Waals surface area contributed by atoms with Crippen molar-refractivity contribution < 1.29 is 4.79 Å². The van der Waals surface area contributed by atoms with Crippen LogP contribution in [0, 0.1) is 0 Å². The molecule has 1 aliphatic heterocycles. The highest BCUT2D eigenvalue weighted by molar-refractivity contribution is 6.30. The van der Waals surface area contributed by atoms with E-state index in [1.54, 1.807) is 0 Å². The van der Waals surface area contributed by atoms with Gasteiger partial charge in [0.25, 0.3) is 0 Å². The molecule has 0 radical (unpaired) electrons. The third kappa shape index (κ3) is 4.51. The van der Waals surface area contributed by atoms with Crippen molar-refractivity contribution in [3.05, 3.63) is 34.9 Å². The van der Waals surface area contributed by atoms with Crippen LogP contribution in [0.5, 0.6) is 0 Å². The molecule has 19 heavy (non-hydrogen) atoms. The van der Waals surface area contributed by atoms with Gasteiger partial charge in [-0.15, -0.1) is 0 Å². The Balaban J connectivity index is 1.83. The number of nitrogens with zero attached hydrogens (tertiary/aromatic N) is 1. The molecule has 1 amide bonds. The lowest BCUT2D eigenvalue weighted by Gasteiger charge is -2.28. The summed E-state index contributed by atoms with van der Waals surface area (Å²) < 4.78 is 0. The summed E-state index contributed by atoms with van der Waals surface area (Å²) in [5.41, 5.74) is 1.01. The molecule has 1 fully saturated rings. The molecule has 1 aromatic rings. The molecule has 1 N–H and O–H groups in total. The van der Waals surface area contributed by atoms with Crippen LogP contribution in [0.3, 0.4) is 0 Å². The normalized spacial score (nSPS) is 19.2. The van der Waals surface area contributed by atoms with Crippen molar-refractivity contribution in [2.24, 2.45) is 0 Å². The zero-order valence-corrected chi connectivity index (χ0v) is 12.1. The Morgan fingerprint density at radius 2 is 2.11 bits per heavy atom. The number of hydrogen-bond acceptors (Lipinski definition) is 2. The molecule has 0 saturated carbocycles. The summed E-state index contributed by atoms with van der Waals surface area (Å²) in [6.45, 7) is 1.87. The fraction of sp³-hybridized carbons (Fsp3) is 0.533. The summed E-state index contributed by atoms with van der Waals surface area (Å²) in [7, 11) is 1.88. The second-order valence-corrected chi connectivity index (χ2v) is 5.66. The van der Waals surface area contributed by atoms with E-state index in [-0.39, 0.29) is 5.91 Å². The lowest BCUT2D eigenvalue weighted by atomic mass is 10.0. The number of likely N-dealkylation sites (N-methyl/N-ethyl adjacent to an activating group) is 1. The van der Waals surface area contributed by atoms with E-state index in [0.717, 1.165) is 18.7 Å². The van der Waals surface area contributed by atoms with Gasteiger partial charge in [-0.1, -0.05) is 30.2 Å². The average Bonchev–Trinajstić information content (AvgIpc) is 2.42. The first kappa shape index (κ1) is 14.4. The SMILES string of the molecule is CN(CC1CCCCN1)C(=O)Cc1ccc(Cl)cc1. The second kappa shape index (κ2) is 6.92. The molecular weight excluding hydrogens is 260 g/mol. The van der Waals surface area contributed by atoms with Crippen LogP contribution in [0.15, 0.2) is 24.3 Å². The van der Waals surface area contributed by atoms with Crippen LogP contribution in [-0.4, -0.2) is 37.0 Å². The number of benzene rings is 1. The van der Waals surface area contributed by atoms with Crippen LogP contribution >= 0.6 is 11.6 Å². The first-order valence-corrected chi connectivity index (χ1v) is 7.25. The molecule has 0 bridgehead atoms. The van der Waals surface area contributed by atoms with Gasteiger partial charge in [-0.05, 0) is 37.1 Å². The molecule has 0 aliphatic carbocycles. The van der Waals surface area contributed by atoms with E-state index in [4.69, 9.17) is 11.6 Å². The molecule has 104 valence electrons. The predicted octanol–water partition coefficient (Wildman–Crippen LogP) is 2.48. The number of carbonyl (C=O) groups is 1. The number of rotatable bonds is 4. The Labute approximate surface area is 119 Å². The molecule has 4 heteroatoms. The van der Waals surface area contributed by atoms with Crippen molar-refractivity contribution in [2.75, 3.05) is 20.1 Å². The Hall–Kier alpha value is -1.06. The lowest BCUT2D eigenvalue weighted by molar-refractivity contribution is -0.129. The van der Waals surface area contributed by atoms with E-state index in [9.17, 15) is 4.79 Å². The van der Waals surface area contributed by atoms with Gasteiger partial charge in [0.15, 0.2) is 0 Å². The molecule has 1 heterocycles. The first-order chi connectivity index (χ1) is 9.15. The van der Waals surface area contributed by atoms with Gasteiger partial charge in [0.2, 0.25) is 5.91 Å². The maximum atomic E-state index is 12.1. The number of amides is 1. The van der Waals surface area contributed by atoms with Gasteiger partial charge in [-0.2, -0.15) is 0 Å². The summed E-state index contributed by atoms with van der Waals surface area (Å²) in [5.74, 6) is 0.162. The van der Waals surface area contributed by atoms with Crippen molar-refractivity contribution in [3.63, 3.8) is 0 Å². The molecule has 2 rings (SSSR count). The van der Waals surface area contributed by atoms with Gasteiger partial charge in [0.1, 0.15) is 0 Å². The largest absolute Gasteiger partial charge is 0.344 e. The van der Waals surface area contributed by atoms with Crippen molar-refractivity contribution >= 4 is 17.5 Å². The number of nitrogens with one attached hydrogen (secondary N) is 1. The smallest absolute Gasteiger partial charge is 0.226 e. The summed E-state index contributed by atoms with van der Waals surface area (Å²) in [4.78, 5) is 14.0. The molecule has 0 spiro atoms. The van der Waals surface area contributed by atoms with Crippen molar-refractivity contribution in [2.45, 2.75) is 31.7 Å². The van der Waals surface area contributed by atoms with Crippen LogP contribution in [0.4, 0.5) is 0 Å². The fourth-order valence-electron chi connectivity index (χ4n) is 2.42. The number of carbonyl (C=O) groups excluding carboxylic acids is 1. The minimum Gasteiger partial charge on any atom is -0.344 e. The Morgan fingerprint density at radius 3 is 2.74 bits per heavy atom. The molecule has 1 aliphatic rings. The topological polar surface area (TPSA) is 32.3 Å². The average molecular weight is 281 g/mol. The van der Waals surface area contributed by atoms with E-state index < -0.39 is 0 Å². The maximum absolute atomic E-state index is 12.1. The van der Waals surface area contributed by atoms with Gasteiger partial charge in [-0.3, -0.25) is 4.79 Å². The summed E-state index contributed by atoms with van der Waals surface area (Å²) in [5, 5.41) is 4.17. The van der Waals surface area contributed by atoms with Crippen molar-refractivity contribution in [1.29, 1.82) is 0 Å². The maximum Gasteiger partial charge on any atom is 0.226 e. The van der Waals surface area contributed by atoms with E-state index in [1.807, 2.05) is 36.2 Å². The summed E-state index contributed by atoms with van der Waals surface area (Å²) in [6, 6.07) is 7.92. The van der Waals surface area contributed by atoms with Crippen LogP contribution in [0.25, 0.3) is 0 Å². The number of hydrogen-bond donors (Lipinski definition) is 1. The highest BCUT2D eigenvalue weighted by Crippen LogP contribution is 2.12. The summed E-state index contributed by atoms with van der Waals surface area (Å²) >= 11 is 5.84. The Bertz CT molecular complexity index is 413. The van der Waals surface area contributed by atoms with Crippen LogP contribution in [0.2, 0.25) is 5.02 Å². The molecular formula is C15H21ClN2O. The van der Waals surface area contributed by atoms with Crippen LogP contribution in [0.1, 0.15) is 24.8 Å². The highest BCUT2D eigenvalue weighted by Gasteiger charge is 2.17. The first-order valence-electron chi connectivity index (χ1n) is 6.87. The van der Waals surface area contributed by atoms with Crippen LogP contribution < -0.4 is 5.32 Å². The van der Waals surface area contributed by atoms with Gasteiger partial charge in [0.05, 0.1) is 6.42 Å². The van der Waals surface area contributed by atoms with E-state index in [0.29, 0.717) is 17.5 Å². The molecule has 1 saturated heterocycles. The lowest BCUT2D eigenvalue weighted by Crippen LogP contribution is -2.44. The number of piperidine rings is 1. The van der Waals surface area contributed by atoms with E-state index >= 15 is 0 Å². The predicted molar refractivity (Wildman–Crippen MR) is 78.4 cm³/mol. The monoisotopic (exact) mass is 280 g/mol. The Kier molecular flexibility index (Phi) is 5.23. The number of halogens is 1. The molecule has 3 nitrogen and oxygen atoms in total. The van der Waals surface area contributed by atoms with Crippen molar-refractivity contribution in [1.82, 2.24) is 10.2 Å². The Morgan fingerprint density at radius 1 is 1.37 bits per heavy atom. The van der Waals surface area contributed by atoms with Gasteiger partial charge in [-0.25, -0.2) is 0 Å². The van der Waals surface area contributed by atoms with E-state index in [2.05, 4.69) is 5.32 Å². The molecule has 1 unspecified atom stereocenters. The zero-order valence-electron chi connectivity index (χ0n) is 11.4. The third-order valence-electron chi connectivity index (χ3n) is 3.60. The van der Waals surface area contributed by atoms with E-state index in [1.165, 1.54) is 19.3 Å². The third-order valence-corrected chi connectivity index (χ3v) is 3.85. The van der Waals surface area contributed by atoms with Crippen LogP contribution in [-0.2, 0) is 11.2 Å². The molecule has 0 aromatic heterocycles. The highest BCUT2D eigenvalue weighted by atomic mass is 35.5. The molecule has 1 aromatic carbocycles. The standard InChI is InChI=1S/C15H21ClN2O/c1-18(11-14-4-2-3-9-17-14)15(19)10-12-5-7-13(16)8-6-12/h5-8,14,17H,2-4,9-11H2,1H3. The van der Waals surface area contributed by atoms with Gasteiger partial charge < -0.3 is 10.2 Å². The van der Waals surface area contributed by atoms with Gasteiger partial charge >= 0.3 is 0 Å². The fourth-order valence-corrected chi connectivity index (χ4v) is 2.55. The summed E-state index contributed by atoms with van der Waals surface area (Å²) in [6.07, 6.45) is 4.12. The zero-order chi connectivity index (χ0) is 13.7. The minimum absolute atomic E-state index is 0.162. The quantitative estimate of drug-likeness (QED) is 0.919. The van der Waals surface area contributed by atoms with Gasteiger partial charge in [0, 0.05) is 24.7 Å². The van der Waals surface area contributed by atoms with Crippen molar-refractivity contribution in [3.8, 4) is 0 Å². The second-order valence-electron chi connectivity index (χ2n) is 5.22. The minimum atomic E-state index is 0.162.